The molecule has 0 unspecified atom stereocenters. The fraction of sp³-hybridized carbons (Fsp3) is 0.375. The van der Waals surface area contributed by atoms with Crippen LogP contribution in [0.2, 0.25) is 0 Å². The summed E-state index contributed by atoms with van der Waals surface area (Å²) in [5.41, 5.74) is 5.14. The van der Waals surface area contributed by atoms with E-state index in [4.69, 9.17) is 9.47 Å². The number of thiophene rings is 1. The quantitative estimate of drug-likeness (QED) is 0.409. The van der Waals surface area contributed by atoms with Gasteiger partial charge in [0.25, 0.3) is 5.91 Å². The molecule has 0 saturated heterocycles. The third-order valence-electron chi connectivity index (χ3n) is 5.88. The fourth-order valence-electron chi connectivity index (χ4n) is 4.43. The second-order valence-electron chi connectivity index (χ2n) is 7.81. The zero-order chi connectivity index (χ0) is 22.3. The summed E-state index contributed by atoms with van der Waals surface area (Å²) in [5.74, 6) is 1.45. The van der Waals surface area contributed by atoms with E-state index in [-0.39, 0.29) is 11.9 Å². The number of ether oxygens (including phenoxy) is 2. The average Bonchev–Trinajstić information content (AvgIpc) is 3.41. The molecule has 0 radical (unpaired) electrons. The van der Waals surface area contributed by atoms with Gasteiger partial charge >= 0.3 is 0 Å². The molecule has 7 heteroatoms. The molecule has 31 heavy (non-hydrogen) atoms. The van der Waals surface area contributed by atoms with E-state index in [9.17, 15) is 4.79 Å². The van der Waals surface area contributed by atoms with Gasteiger partial charge in [0.2, 0.25) is 0 Å². The van der Waals surface area contributed by atoms with Crippen LogP contribution in [0.25, 0.3) is 21.7 Å². The van der Waals surface area contributed by atoms with E-state index in [1.807, 2.05) is 24.0 Å². The molecular formula is C24H27BrN2O3S. The Kier molecular flexibility index (Phi) is 6.17. The molecule has 1 amide bonds. The zero-order valence-corrected chi connectivity index (χ0v) is 20.9. The third kappa shape index (κ3) is 3.57. The maximum Gasteiger partial charge on any atom is 0.270 e. The number of amides is 1. The molecule has 0 spiro atoms. The van der Waals surface area contributed by atoms with Crippen LogP contribution in [0.5, 0.6) is 11.5 Å². The second kappa shape index (κ2) is 8.71. The van der Waals surface area contributed by atoms with E-state index < -0.39 is 0 Å². The van der Waals surface area contributed by atoms with Gasteiger partial charge in [0, 0.05) is 35.1 Å². The number of nitrogens with zero attached hydrogens (tertiary/aromatic N) is 2. The van der Waals surface area contributed by atoms with E-state index >= 15 is 0 Å². The smallest absolute Gasteiger partial charge is 0.270 e. The number of halogens is 1. The Morgan fingerprint density at radius 1 is 1.26 bits per heavy atom. The highest BCUT2D eigenvalue weighted by atomic mass is 79.9. The van der Waals surface area contributed by atoms with Crippen molar-refractivity contribution in [3.63, 3.8) is 0 Å². The largest absolute Gasteiger partial charge is 0.493 e. The molecule has 0 atom stereocenters. The van der Waals surface area contributed by atoms with Crippen molar-refractivity contribution in [3.8, 4) is 33.2 Å². The van der Waals surface area contributed by atoms with Gasteiger partial charge in [0.15, 0.2) is 11.5 Å². The molecule has 0 aliphatic carbocycles. The fourth-order valence-corrected chi connectivity index (χ4v) is 5.94. The van der Waals surface area contributed by atoms with Crippen LogP contribution in [0.4, 0.5) is 0 Å². The molecular weight excluding hydrogens is 476 g/mol. The lowest BCUT2D eigenvalue weighted by Gasteiger charge is -2.28. The molecule has 1 aromatic carbocycles. The number of benzene rings is 1. The standard InChI is InChI=1S/C24H27BrN2O3S/c1-6-26(14(2)3)24(28)18-12-17(20-8-7-11-31-20)22-16-13-19(29-4)23(30-5)21(25)15(16)9-10-27(18)22/h7-8,11-14H,6,9-10H2,1-5H3. The van der Waals surface area contributed by atoms with Crippen LogP contribution < -0.4 is 9.47 Å². The SMILES string of the molecule is CCN(C(=O)c1cc(-c2cccs2)c2n1CCc1c-2cc(OC)c(OC)c1Br)C(C)C. The predicted molar refractivity (Wildman–Crippen MR) is 130 cm³/mol. The molecule has 3 aromatic rings. The number of hydrogen-bond donors (Lipinski definition) is 0. The van der Waals surface area contributed by atoms with Crippen LogP contribution >= 0.6 is 27.3 Å². The molecule has 1 aliphatic heterocycles. The summed E-state index contributed by atoms with van der Waals surface area (Å²) in [6, 6.07) is 8.40. The Morgan fingerprint density at radius 2 is 2.03 bits per heavy atom. The maximum absolute atomic E-state index is 13.5. The van der Waals surface area contributed by atoms with Crippen LogP contribution in [0.15, 0.2) is 34.1 Å². The predicted octanol–water partition coefficient (Wildman–Crippen LogP) is 6.09. The summed E-state index contributed by atoms with van der Waals surface area (Å²) in [4.78, 5) is 16.6. The van der Waals surface area contributed by atoms with E-state index in [1.165, 1.54) is 5.56 Å². The average molecular weight is 503 g/mol. The topological polar surface area (TPSA) is 43.7 Å². The van der Waals surface area contributed by atoms with Gasteiger partial charge < -0.3 is 18.9 Å². The van der Waals surface area contributed by atoms with Crippen LogP contribution in [0.1, 0.15) is 36.8 Å². The first kappa shape index (κ1) is 22.0. The van der Waals surface area contributed by atoms with E-state index in [2.05, 4.69) is 51.9 Å². The highest BCUT2D eigenvalue weighted by Gasteiger charge is 2.31. The Bertz CT molecular complexity index is 1120. The summed E-state index contributed by atoms with van der Waals surface area (Å²) >= 11 is 5.43. The molecule has 0 fully saturated rings. The Labute approximate surface area is 195 Å². The van der Waals surface area contributed by atoms with Gasteiger partial charge in [-0.05, 0) is 72.3 Å². The van der Waals surface area contributed by atoms with E-state index in [0.717, 1.165) is 44.8 Å². The summed E-state index contributed by atoms with van der Waals surface area (Å²) in [6.45, 7) is 7.56. The van der Waals surface area contributed by atoms with E-state index in [1.54, 1.807) is 25.6 Å². The Balaban J connectivity index is 1.99. The minimum Gasteiger partial charge on any atom is -0.493 e. The van der Waals surface area contributed by atoms with Crippen molar-refractivity contribution in [2.24, 2.45) is 0 Å². The minimum absolute atomic E-state index is 0.0737. The lowest BCUT2D eigenvalue weighted by atomic mass is 9.95. The number of fused-ring (bicyclic) bond motifs is 3. The van der Waals surface area contributed by atoms with Crippen molar-refractivity contribution < 1.29 is 14.3 Å². The van der Waals surface area contributed by atoms with Gasteiger partial charge in [-0.2, -0.15) is 0 Å². The van der Waals surface area contributed by atoms with Crippen molar-refractivity contribution >= 4 is 33.2 Å². The number of hydrogen-bond acceptors (Lipinski definition) is 4. The van der Waals surface area contributed by atoms with Crippen LogP contribution in [-0.4, -0.2) is 42.2 Å². The highest BCUT2D eigenvalue weighted by Crippen LogP contribution is 2.49. The normalized spacial score (nSPS) is 12.5. The summed E-state index contributed by atoms with van der Waals surface area (Å²) in [7, 11) is 3.30. The third-order valence-corrected chi connectivity index (χ3v) is 7.62. The van der Waals surface area contributed by atoms with Crippen LogP contribution in [-0.2, 0) is 13.0 Å². The van der Waals surface area contributed by atoms with Gasteiger partial charge in [-0.1, -0.05) is 6.07 Å². The minimum atomic E-state index is 0.0737. The van der Waals surface area contributed by atoms with E-state index in [0.29, 0.717) is 18.0 Å². The molecule has 3 heterocycles. The highest BCUT2D eigenvalue weighted by molar-refractivity contribution is 9.10. The number of carbonyl (C=O) groups is 1. The number of rotatable bonds is 6. The van der Waals surface area contributed by atoms with Crippen molar-refractivity contribution in [3.05, 3.63) is 45.4 Å². The van der Waals surface area contributed by atoms with Crippen LogP contribution in [0, 0.1) is 0 Å². The molecule has 0 N–H and O–H groups in total. The lowest BCUT2D eigenvalue weighted by molar-refractivity contribution is 0.0705. The van der Waals surface area contributed by atoms with Crippen molar-refractivity contribution in [1.82, 2.24) is 9.47 Å². The molecule has 2 aromatic heterocycles. The number of methoxy groups -OCH3 is 2. The molecule has 0 bridgehead atoms. The van der Waals surface area contributed by atoms with Crippen LogP contribution in [0.3, 0.4) is 0 Å². The second-order valence-corrected chi connectivity index (χ2v) is 9.55. The molecule has 4 rings (SSSR count). The summed E-state index contributed by atoms with van der Waals surface area (Å²) in [6.07, 6.45) is 0.802. The van der Waals surface area contributed by atoms with Gasteiger partial charge in [0.1, 0.15) is 5.69 Å². The number of carbonyl (C=O) groups excluding carboxylic acids is 1. The monoisotopic (exact) mass is 502 g/mol. The molecule has 1 aliphatic rings. The Hall–Kier alpha value is -2.25. The number of aromatic nitrogens is 1. The zero-order valence-electron chi connectivity index (χ0n) is 18.5. The van der Waals surface area contributed by atoms with Crippen molar-refractivity contribution in [2.45, 2.75) is 39.8 Å². The summed E-state index contributed by atoms with van der Waals surface area (Å²) in [5, 5.41) is 2.07. The molecule has 5 nitrogen and oxygen atoms in total. The first-order valence-electron chi connectivity index (χ1n) is 10.4. The lowest BCUT2D eigenvalue weighted by Crippen LogP contribution is -2.38. The van der Waals surface area contributed by atoms with Crippen molar-refractivity contribution in [1.29, 1.82) is 0 Å². The van der Waals surface area contributed by atoms with Gasteiger partial charge in [0.05, 0.1) is 24.4 Å². The maximum atomic E-state index is 13.5. The van der Waals surface area contributed by atoms with Crippen molar-refractivity contribution in [2.75, 3.05) is 20.8 Å². The van der Waals surface area contributed by atoms with Gasteiger partial charge in [-0.3, -0.25) is 4.79 Å². The van der Waals surface area contributed by atoms with Gasteiger partial charge in [-0.25, -0.2) is 0 Å². The Morgan fingerprint density at radius 3 is 2.61 bits per heavy atom. The summed E-state index contributed by atoms with van der Waals surface area (Å²) < 4.78 is 14.3. The molecule has 0 saturated carbocycles. The first-order valence-corrected chi connectivity index (χ1v) is 12.1. The first-order chi connectivity index (χ1) is 14.9. The molecule has 164 valence electrons. The van der Waals surface area contributed by atoms with Gasteiger partial charge in [-0.15, -0.1) is 11.3 Å².